The van der Waals surface area contributed by atoms with Gasteiger partial charge in [0.05, 0.1) is 18.2 Å². The lowest BCUT2D eigenvalue weighted by molar-refractivity contribution is -0.141. The second-order valence-corrected chi connectivity index (χ2v) is 10.8. The number of carboxylic acids is 1. The number of rotatable bonds is 13. The highest BCUT2D eigenvalue weighted by Gasteiger charge is 2.20. The van der Waals surface area contributed by atoms with Crippen molar-refractivity contribution in [3.8, 4) is 11.1 Å². The van der Waals surface area contributed by atoms with E-state index >= 15 is 0 Å². The molecule has 0 bridgehead atoms. The molecule has 0 radical (unpaired) electrons. The van der Waals surface area contributed by atoms with E-state index in [1.54, 1.807) is 12.3 Å². The van der Waals surface area contributed by atoms with Gasteiger partial charge in [-0.3, -0.25) is 9.59 Å². The van der Waals surface area contributed by atoms with Gasteiger partial charge in [0.1, 0.15) is 17.2 Å². The number of hydrogen-bond acceptors (Lipinski definition) is 6. The van der Waals surface area contributed by atoms with Gasteiger partial charge in [-0.05, 0) is 42.5 Å². The second kappa shape index (κ2) is 13.9. The topological polar surface area (TPSA) is 139 Å². The van der Waals surface area contributed by atoms with E-state index in [4.69, 9.17) is 8.83 Å². The van der Waals surface area contributed by atoms with Gasteiger partial charge in [-0.2, -0.15) is 0 Å². The third kappa shape index (κ3) is 7.23. The van der Waals surface area contributed by atoms with Crippen LogP contribution in [0.2, 0.25) is 0 Å². The number of nitrogens with one attached hydrogen (secondary N) is 2. The zero-order chi connectivity index (χ0) is 31.1. The Balaban J connectivity index is 1.12. The number of furan rings is 1. The minimum atomic E-state index is -1.08. The molecule has 2 aromatic heterocycles. The average molecular weight is 595 g/mol. The number of unbranched alkanes of at least 4 members (excludes halogenated alkanes) is 2. The van der Waals surface area contributed by atoms with Crippen molar-refractivity contribution < 1.29 is 28.3 Å². The number of aliphatic carboxylic acids is 1. The summed E-state index contributed by atoms with van der Waals surface area (Å²) in [6.07, 6.45) is 3.85. The van der Waals surface area contributed by atoms with E-state index in [0.717, 1.165) is 27.5 Å². The summed E-state index contributed by atoms with van der Waals surface area (Å²) in [4.78, 5) is 49.4. The number of aryl methyl sites for hydroxylation is 1. The number of carbonyl (C=O) groups is 3. The molecule has 0 spiro atoms. The molecule has 5 aromatic rings. The molecule has 0 unspecified atom stereocenters. The SMILES string of the molecule is Cc1c(CC(=O)NCCCCCC(=O)N[C@@H](Cc2ccccc2)C(=O)O)c(=O)oc2cc3occ(-c4ccccc4)c3cc12. The van der Waals surface area contributed by atoms with Crippen LogP contribution in [-0.4, -0.2) is 35.5 Å². The van der Waals surface area contributed by atoms with Gasteiger partial charge in [-0.1, -0.05) is 67.1 Å². The predicted octanol–water partition coefficient (Wildman–Crippen LogP) is 5.55. The molecule has 9 heteroatoms. The summed E-state index contributed by atoms with van der Waals surface area (Å²) in [5, 5.41) is 16.5. The van der Waals surface area contributed by atoms with Crippen molar-refractivity contribution in [1.29, 1.82) is 0 Å². The summed E-state index contributed by atoms with van der Waals surface area (Å²) in [5.41, 5.74) is 4.21. The lowest BCUT2D eigenvalue weighted by Gasteiger charge is -2.14. The van der Waals surface area contributed by atoms with Crippen molar-refractivity contribution >= 4 is 39.7 Å². The number of carbonyl (C=O) groups excluding carboxylic acids is 2. The van der Waals surface area contributed by atoms with Crippen molar-refractivity contribution in [2.24, 2.45) is 0 Å². The van der Waals surface area contributed by atoms with Crippen molar-refractivity contribution in [3.05, 3.63) is 106 Å². The summed E-state index contributed by atoms with van der Waals surface area (Å²) >= 11 is 0. The molecule has 226 valence electrons. The first-order valence-electron chi connectivity index (χ1n) is 14.7. The van der Waals surface area contributed by atoms with Gasteiger partial charge in [-0.15, -0.1) is 0 Å². The van der Waals surface area contributed by atoms with Gasteiger partial charge in [0.25, 0.3) is 0 Å². The van der Waals surface area contributed by atoms with E-state index in [9.17, 15) is 24.3 Å². The van der Waals surface area contributed by atoms with Crippen LogP contribution in [0.1, 0.15) is 42.4 Å². The minimum absolute atomic E-state index is 0.112. The monoisotopic (exact) mass is 594 g/mol. The molecule has 5 rings (SSSR count). The van der Waals surface area contributed by atoms with Gasteiger partial charge < -0.3 is 24.6 Å². The highest BCUT2D eigenvalue weighted by molar-refractivity contribution is 6.02. The molecule has 2 heterocycles. The maximum atomic E-state index is 12.8. The van der Waals surface area contributed by atoms with Gasteiger partial charge in [0.2, 0.25) is 11.8 Å². The normalized spacial score (nSPS) is 11.8. The first kappa shape index (κ1) is 30.3. The summed E-state index contributed by atoms with van der Waals surface area (Å²) in [5.74, 6) is -1.69. The Morgan fingerprint density at radius 2 is 1.59 bits per heavy atom. The maximum Gasteiger partial charge on any atom is 0.340 e. The van der Waals surface area contributed by atoms with E-state index in [1.165, 1.54) is 0 Å². The van der Waals surface area contributed by atoms with Crippen LogP contribution in [0.4, 0.5) is 0 Å². The molecule has 0 aliphatic heterocycles. The fraction of sp³-hybridized carbons (Fsp3) is 0.257. The molecule has 3 N–H and O–H groups in total. The van der Waals surface area contributed by atoms with E-state index in [-0.39, 0.29) is 31.1 Å². The Morgan fingerprint density at radius 3 is 2.32 bits per heavy atom. The Labute approximate surface area is 253 Å². The highest BCUT2D eigenvalue weighted by Crippen LogP contribution is 2.34. The number of fused-ring (bicyclic) bond motifs is 2. The first-order valence-corrected chi connectivity index (χ1v) is 14.7. The zero-order valence-corrected chi connectivity index (χ0v) is 24.4. The predicted molar refractivity (Wildman–Crippen MR) is 167 cm³/mol. The van der Waals surface area contributed by atoms with Crippen molar-refractivity contribution in [1.82, 2.24) is 10.6 Å². The third-order valence-electron chi connectivity index (χ3n) is 7.72. The number of hydrogen-bond donors (Lipinski definition) is 3. The Hall–Kier alpha value is -5.18. The molecule has 2 amide bonds. The molecule has 3 aromatic carbocycles. The van der Waals surface area contributed by atoms with Crippen LogP contribution in [0.5, 0.6) is 0 Å². The third-order valence-corrected chi connectivity index (χ3v) is 7.72. The standard InChI is InChI=1S/C35H34N2O7/c1-22-25-18-27-28(24-13-7-3-8-14-24)21-43-30(27)20-31(25)44-35(42)26(22)19-33(39)36-16-10-4-9-15-32(38)37-29(34(40)41)17-23-11-5-2-6-12-23/h2-3,5-8,11-14,18,20-21,29H,4,9-10,15-17,19H2,1H3,(H,36,39)(H,37,38)(H,40,41)/t29-/m0/s1. The lowest BCUT2D eigenvalue weighted by Crippen LogP contribution is -2.42. The molecular formula is C35H34N2O7. The van der Waals surface area contributed by atoms with Crippen molar-refractivity contribution in [2.45, 2.75) is 51.5 Å². The maximum absolute atomic E-state index is 12.8. The Bertz CT molecular complexity index is 1840. The average Bonchev–Trinajstić information content (AvgIpc) is 3.43. The minimum Gasteiger partial charge on any atom is -0.480 e. The molecular weight excluding hydrogens is 560 g/mol. The quantitative estimate of drug-likeness (QED) is 0.120. The van der Waals surface area contributed by atoms with Gasteiger partial charge >= 0.3 is 11.6 Å². The second-order valence-electron chi connectivity index (χ2n) is 10.8. The largest absolute Gasteiger partial charge is 0.480 e. The Kier molecular flexibility index (Phi) is 9.54. The van der Waals surface area contributed by atoms with E-state index in [2.05, 4.69) is 10.6 Å². The van der Waals surface area contributed by atoms with Crippen LogP contribution >= 0.6 is 0 Å². The summed E-state index contributed by atoms with van der Waals surface area (Å²) in [6, 6.07) is 21.7. The van der Waals surface area contributed by atoms with E-state index in [0.29, 0.717) is 48.1 Å². The van der Waals surface area contributed by atoms with Crippen LogP contribution in [0.3, 0.4) is 0 Å². The van der Waals surface area contributed by atoms with Gasteiger partial charge in [-0.25, -0.2) is 9.59 Å². The van der Waals surface area contributed by atoms with Gasteiger partial charge in [0, 0.05) is 41.8 Å². The summed E-state index contributed by atoms with van der Waals surface area (Å²) in [7, 11) is 0. The number of carboxylic acid groups (broad SMARTS) is 1. The molecule has 44 heavy (non-hydrogen) atoms. The van der Waals surface area contributed by atoms with Crippen LogP contribution in [0.15, 0.2) is 92.7 Å². The van der Waals surface area contributed by atoms with Gasteiger partial charge in [0.15, 0.2) is 0 Å². The zero-order valence-electron chi connectivity index (χ0n) is 24.4. The van der Waals surface area contributed by atoms with Crippen LogP contribution in [-0.2, 0) is 27.2 Å². The lowest BCUT2D eigenvalue weighted by atomic mass is 9.99. The fourth-order valence-corrected chi connectivity index (χ4v) is 5.31. The summed E-state index contributed by atoms with van der Waals surface area (Å²) in [6.45, 7) is 2.20. The summed E-state index contributed by atoms with van der Waals surface area (Å²) < 4.78 is 11.3. The van der Waals surface area contributed by atoms with E-state index in [1.807, 2.05) is 73.7 Å². The molecule has 0 fully saturated rings. The van der Waals surface area contributed by atoms with Crippen LogP contribution < -0.4 is 16.3 Å². The van der Waals surface area contributed by atoms with Crippen LogP contribution in [0.25, 0.3) is 33.1 Å². The molecule has 0 aliphatic carbocycles. The molecule has 0 aliphatic rings. The first-order chi connectivity index (χ1) is 21.3. The number of benzene rings is 3. The Morgan fingerprint density at radius 1 is 0.864 bits per heavy atom. The van der Waals surface area contributed by atoms with Crippen molar-refractivity contribution in [3.63, 3.8) is 0 Å². The van der Waals surface area contributed by atoms with E-state index < -0.39 is 17.6 Å². The van der Waals surface area contributed by atoms with Crippen molar-refractivity contribution in [2.75, 3.05) is 6.54 Å². The fourth-order valence-electron chi connectivity index (χ4n) is 5.31. The molecule has 1 atom stereocenters. The molecule has 9 nitrogen and oxygen atoms in total. The smallest absolute Gasteiger partial charge is 0.340 e. The molecule has 0 saturated carbocycles. The number of amides is 2. The molecule has 0 saturated heterocycles. The highest BCUT2D eigenvalue weighted by atomic mass is 16.4. The van der Waals surface area contributed by atoms with Crippen LogP contribution in [0, 0.1) is 6.92 Å².